The molecule has 2 amide bonds. The van der Waals surface area contributed by atoms with E-state index in [1.54, 1.807) is 6.07 Å². The van der Waals surface area contributed by atoms with Gasteiger partial charge in [0.1, 0.15) is 6.54 Å². The average Bonchev–Trinajstić information content (AvgIpc) is 3.13. The molecule has 1 aromatic rings. The molecule has 1 saturated carbocycles. The standard InChI is InChI=1S/C14H18N2O5/c17-12(8-15-14(20)11-6-3-7-21-11)16(9-13(18)19)10-4-1-2-5-10/h3,6-7,10H,1-2,4-5,8-9H2,(H,15,20)(H,18,19). The second kappa shape index (κ2) is 6.92. The number of amides is 2. The Bertz CT molecular complexity index is 505. The van der Waals surface area contributed by atoms with Gasteiger partial charge in [-0.3, -0.25) is 14.4 Å². The highest BCUT2D eigenvalue weighted by molar-refractivity contribution is 5.94. The first-order chi connectivity index (χ1) is 10.1. The number of carboxylic acid groups (broad SMARTS) is 1. The zero-order valence-corrected chi connectivity index (χ0v) is 11.6. The number of nitrogens with one attached hydrogen (secondary N) is 1. The van der Waals surface area contributed by atoms with Gasteiger partial charge in [0.2, 0.25) is 5.91 Å². The van der Waals surface area contributed by atoms with Crippen LogP contribution in [0, 0.1) is 0 Å². The summed E-state index contributed by atoms with van der Waals surface area (Å²) in [5.74, 6) is -1.81. The van der Waals surface area contributed by atoms with Gasteiger partial charge in [0.15, 0.2) is 5.76 Å². The van der Waals surface area contributed by atoms with E-state index in [4.69, 9.17) is 9.52 Å². The molecule has 1 aliphatic carbocycles. The largest absolute Gasteiger partial charge is 0.480 e. The molecule has 1 aromatic heterocycles. The molecule has 1 aliphatic rings. The fraction of sp³-hybridized carbons (Fsp3) is 0.500. The van der Waals surface area contributed by atoms with Crippen molar-refractivity contribution in [3.05, 3.63) is 24.2 Å². The second-order valence-electron chi connectivity index (χ2n) is 5.01. The molecule has 1 heterocycles. The molecule has 0 spiro atoms. The fourth-order valence-corrected chi connectivity index (χ4v) is 2.53. The predicted octanol–water partition coefficient (Wildman–Crippen LogP) is 0.865. The number of hydrogen-bond donors (Lipinski definition) is 2. The number of carbonyl (C=O) groups excluding carboxylic acids is 2. The highest BCUT2D eigenvalue weighted by Gasteiger charge is 2.28. The van der Waals surface area contributed by atoms with Crippen molar-refractivity contribution in [2.75, 3.05) is 13.1 Å². The van der Waals surface area contributed by atoms with Gasteiger partial charge in [0.25, 0.3) is 5.91 Å². The van der Waals surface area contributed by atoms with Gasteiger partial charge >= 0.3 is 5.97 Å². The first kappa shape index (κ1) is 15.1. The number of furan rings is 1. The topological polar surface area (TPSA) is 99.9 Å². The Morgan fingerprint density at radius 2 is 2.05 bits per heavy atom. The van der Waals surface area contributed by atoms with Gasteiger partial charge in [-0.15, -0.1) is 0 Å². The minimum atomic E-state index is -1.05. The molecule has 7 heteroatoms. The second-order valence-corrected chi connectivity index (χ2v) is 5.01. The Balaban J connectivity index is 1.91. The summed E-state index contributed by atoms with van der Waals surface area (Å²) >= 11 is 0. The van der Waals surface area contributed by atoms with Crippen LogP contribution in [0.3, 0.4) is 0 Å². The van der Waals surface area contributed by atoms with Crippen LogP contribution < -0.4 is 5.32 Å². The SMILES string of the molecule is O=C(O)CN(C(=O)CNC(=O)c1ccco1)C1CCCC1. The lowest BCUT2D eigenvalue weighted by atomic mass is 10.2. The third-order valence-corrected chi connectivity index (χ3v) is 3.54. The van der Waals surface area contributed by atoms with Crippen LogP contribution in [0.15, 0.2) is 22.8 Å². The molecule has 0 saturated heterocycles. The van der Waals surface area contributed by atoms with E-state index < -0.39 is 11.9 Å². The van der Waals surface area contributed by atoms with E-state index in [0.717, 1.165) is 25.7 Å². The summed E-state index contributed by atoms with van der Waals surface area (Å²) in [6.07, 6.45) is 4.97. The van der Waals surface area contributed by atoms with Crippen LogP contribution in [0.25, 0.3) is 0 Å². The summed E-state index contributed by atoms with van der Waals surface area (Å²) in [6, 6.07) is 3.02. The number of carboxylic acids is 1. The molecular formula is C14H18N2O5. The van der Waals surface area contributed by atoms with Crippen LogP contribution in [0.2, 0.25) is 0 Å². The first-order valence-corrected chi connectivity index (χ1v) is 6.91. The van der Waals surface area contributed by atoms with Crippen LogP contribution in [0.4, 0.5) is 0 Å². The van der Waals surface area contributed by atoms with Crippen LogP contribution in [0.1, 0.15) is 36.2 Å². The molecule has 0 aromatic carbocycles. The van der Waals surface area contributed by atoms with E-state index in [1.165, 1.54) is 17.2 Å². The van der Waals surface area contributed by atoms with Gasteiger partial charge in [0, 0.05) is 6.04 Å². The third-order valence-electron chi connectivity index (χ3n) is 3.54. The predicted molar refractivity (Wildman–Crippen MR) is 72.6 cm³/mol. The number of hydrogen-bond acceptors (Lipinski definition) is 4. The molecule has 2 rings (SSSR count). The molecule has 7 nitrogen and oxygen atoms in total. The maximum absolute atomic E-state index is 12.2. The molecule has 2 N–H and O–H groups in total. The molecule has 114 valence electrons. The third kappa shape index (κ3) is 4.08. The molecule has 1 fully saturated rings. The van der Waals surface area contributed by atoms with Crippen molar-refractivity contribution in [1.82, 2.24) is 10.2 Å². The minimum absolute atomic E-state index is 0.0471. The van der Waals surface area contributed by atoms with Gasteiger partial charge in [0.05, 0.1) is 12.8 Å². The fourth-order valence-electron chi connectivity index (χ4n) is 2.53. The molecule has 21 heavy (non-hydrogen) atoms. The number of nitrogens with zero attached hydrogens (tertiary/aromatic N) is 1. The minimum Gasteiger partial charge on any atom is -0.480 e. The summed E-state index contributed by atoms with van der Waals surface area (Å²) in [5, 5.41) is 11.4. The normalized spacial score (nSPS) is 14.9. The molecule has 0 atom stereocenters. The molecule has 0 aliphatic heterocycles. The van der Waals surface area contributed by atoms with Crippen LogP contribution in [-0.4, -0.2) is 46.9 Å². The van der Waals surface area contributed by atoms with Crippen molar-refractivity contribution in [3.8, 4) is 0 Å². The van der Waals surface area contributed by atoms with Crippen molar-refractivity contribution < 1.29 is 23.9 Å². The Morgan fingerprint density at radius 3 is 2.62 bits per heavy atom. The first-order valence-electron chi connectivity index (χ1n) is 6.91. The molecule has 0 bridgehead atoms. The van der Waals surface area contributed by atoms with E-state index in [9.17, 15) is 14.4 Å². The monoisotopic (exact) mass is 294 g/mol. The van der Waals surface area contributed by atoms with Gasteiger partial charge in [-0.05, 0) is 25.0 Å². The van der Waals surface area contributed by atoms with Crippen LogP contribution in [0.5, 0.6) is 0 Å². The van der Waals surface area contributed by atoms with Crippen molar-refractivity contribution in [3.63, 3.8) is 0 Å². The van der Waals surface area contributed by atoms with E-state index in [1.807, 2.05) is 0 Å². The smallest absolute Gasteiger partial charge is 0.323 e. The van der Waals surface area contributed by atoms with E-state index in [0.29, 0.717) is 0 Å². The quantitative estimate of drug-likeness (QED) is 0.810. The summed E-state index contributed by atoms with van der Waals surface area (Å²) < 4.78 is 4.92. The Morgan fingerprint density at radius 1 is 1.33 bits per heavy atom. The number of rotatable bonds is 6. The van der Waals surface area contributed by atoms with Gasteiger partial charge in [-0.1, -0.05) is 12.8 Å². The van der Waals surface area contributed by atoms with Crippen molar-refractivity contribution in [1.29, 1.82) is 0 Å². The number of carbonyl (C=O) groups is 3. The van der Waals surface area contributed by atoms with Crippen LogP contribution in [-0.2, 0) is 9.59 Å². The van der Waals surface area contributed by atoms with E-state index in [2.05, 4.69) is 5.32 Å². The van der Waals surface area contributed by atoms with Crippen molar-refractivity contribution in [2.24, 2.45) is 0 Å². The maximum Gasteiger partial charge on any atom is 0.323 e. The Kier molecular flexibility index (Phi) is 4.97. The van der Waals surface area contributed by atoms with Gasteiger partial charge in [-0.2, -0.15) is 0 Å². The lowest BCUT2D eigenvalue weighted by Crippen LogP contribution is -2.47. The highest BCUT2D eigenvalue weighted by Crippen LogP contribution is 2.23. The van der Waals surface area contributed by atoms with Gasteiger partial charge in [-0.25, -0.2) is 0 Å². The summed E-state index contributed by atoms with van der Waals surface area (Å²) in [4.78, 5) is 36.1. The maximum atomic E-state index is 12.2. The van der Waals surface area contributed by atoms with Gasteiger partial charge < -0.3 is 19.7 Å². The molecule has 0 radical (unpaired) electrons. The lowest BCUT2D eigenvalue weighted by molar-refractivity contribution is -0.145. The zero-order chi connectivity index (χ0) is 15.2. The Labute approximate surface area is 121 Å². The van der Waals surface area contributed by atoms with Crippen molar-refractivity contribution >= 4 is 17.8 Å². The lowest BCUT2D eigenvalue weighted by Gasteiger charge is -2.27. The summed E-state index contributed by atoms with van der Waals surface area (Å²) in [6.45, 7) is -0.566. The zero-order valence-electron chi connectivity index (χ0n) is 11.6. The molecule has 0 unspecified atom stereocenters. The number of aliphatic carboxylic acids is 1. The molecular weight excluding hydrogens is 276 g/mol. The summed E-state index contributed by atoms with van der Waals surface area (Å²) in [5.41, 5.74) is 0. The average molecular weight is 294 g/mol. The summed E-state index contributed by atoms with van der Waals surface area (Å²) in [7, 11) is 0. The highest BCUT2D eigenvalue weighted by atomic mass is 16.4. The van der Waals surface area contributed by atoms with Crippen LogP contribution >= 0.6 is 0 Å². The van der Waals surface area contributed by atoms with Crippen molar-refractivity contribution in [2.45, 2.75) is 31.7 Å². The Hall–Kier alpha value is -2.31. The van der Waals surface area contributed by atoms with E-state index >= 15 is 0 Å². The van der Waals surface area contributed by atoms with E-state index in [-0.39, 0.29) is 30.8 Å².